The number of Topliss-reactive ketones (excluding diaryl/α,β-unsaturated/α-hetero) is 1. The molecule has 70 valence electrons. The second-order valence-electron chi connectivity index (χ2n) is 3.31. The van der Waals surface area contributed by atoms with E-state index in [0.717, 1.165) is 0 Å². The van der Waals surface area contributed by atoms with Crippen LogP contribution in [0.2, 0.25) is 0 Å². The van der Waals surface area contributed by atoms with Crippen LogP contribution in [0.25, 0.3) is 0 Å². The average molecular weight is 177 g/mol. The van der Waals surface area contributed by atoms with Crippen LogP contribution < -0.4 is 0 Å². The first-order valence-electron chi connectivity index (χ1n) is 4.62. The average Bonchev–Trinajstić information content (AvgIpc) is 2.00. The molecule has 0 atom stereocenters. The fourth-order valence-electron chi connectivity index (χ4n) is 1.16. The van der Waals surface area contributed by atoms with Crippen LogP contribution in [0.15, 0.2) is 29.9 Å². The zero-order valence-electron chi connectivity index (χ0n) is 7.99. The minimum Gasteiger partial charge on any atom is -0.293 e. The Kier molecular flexibility index (Phi) is 3.62. The van der Waals surface area contributed by atoms with E-state index in [4.69, 9.17) is 0 Å². The summed E-state index contributed by atoms with van der Waals surface area (Å²) in [6.45, 7) is 5.03. The lowest BCUT2D eigenvalue weighted by Gasteiger charge is -2.20. The molecule has 2 nitrogen and oxygen atoms in total. The number of ketones is 1. The Labute approximate surface area is 79.1 Å². The van der Waals surface area contributed by atoms with Crippen molar-refractivity contribution in [3.63, 3.8) is 0 Å². The number of rotatable bonds is 4. The Morgan fingerprint density at radius 3 is 2.62 bits per heavy atom. The van der Waals surface area contributed by atoms with E-state index in [1.807, 2.05) is 0 Å². The van der Waals surface area contributed by atoms with Gasteiger partial charge in [0.2, 0.25) is 0 Å². The quantitative estimate of drug-likeness (QED) is 0.607. The smallest absolute Gasteiger partial charge is 0.178 e. The predicted molar refractivity (Wildman–Crippen MR) is 54.8 cm³/mol. The zero-order valence-corrected chi connectivity index (χ0v) is 7.99. The highest BCUT2D eigenvalue weighted by molar-refractivity contribution is 6.43. The minimum absolute atomic E-state index is 0.0340. The summed E-state index contributed by atoms with van der Waals surface area (Å²) in [4.78, 5) is 14.9. The van der Waals surface area contributed by atoms with E-state index in [0.29, 0.717) is 11.6 Å². The standard InChI is InChI=1S/C11H15NO/c1-3-11(9(2)13)12-8-7-10-5-4-6-10/h3,7-8,10H,1,4-6H2,2H3/b8-7+,12-11+. The summed E-state index contributed by atoms with van der Waals surface area (Å²) in [5.74, 6) is 0.648. The SMILES string of the molecule is C=C/C(=N\C=C\C1CCC1)C(C)=O. The molecule has 1 saturated carbocycles. The van der Waals surface area contributed by atoms with Gasteiger partial charge in [-0.2, -0.15) is 0 Å². The predicted octanol–water partition coefficient (Wildman–Crippen LogP) is 2.52. The van der Waals surface area contributed by atoms with E-state index in [1.165, 1.54) is 32.3 Å². The van der Waals surface area contributed by atoms with Gasteiger partial charge in [-0.3, -0.25) is 9.79 Å². The van der Waals surface area contributed by atoms with Crippen molar-refractivity contribution < 1.29 is 4.79 Å². The van der Waals surface area contributed by atoms with Gasteiger partial charge in [0.25, 0.3) is 0 Å². The highest BCUT2D eigenvalue weighted by Gasteiger charge is 2.13. The van der Waals surface area contributed by atoms with Crippen LogP contribution in [0.3, 0.4) is 0 Å². The Morgan fingerprint density at radius 2 is 2.23 bits per heavy atom. The lowest BCUT2D eigenvalue weighted by Crippen LogP contribution is -2.07. The van der Waals surface area contributed by atoms with Crippen LogP contribution in [-0.2, 0) is 4.79 Å². The van der Waals surface area contributed by atoms with Crippen molar-refractivity contribution in [1.29, 1.82) is 0 Å². The Morgan fingerprint density at radius 1 is 1.54 bits per heavy atom. The number of hydrogen-bond acceptors (Lipinski definition) is 2. The molecule has 0 N–H and O–H groups in total. The number of hydrogen-bond donors (Lipinski definition) is 0. The van der Waals surface area contributed by atoms with Crippen molar-refractivity contribution in [2.75, 3.05) is 0 Å². The first-order chi connectivity index (χ1) is 6.24. The number of aliphatic imine (C=N–C) groups is 1. The zero-order chi connectivity index (χ0) is 9.68. The number of nitrogens with zero attached hydrogens (tertiary/aromatic N) is 1. The van der Waals surface area contributed by atoms with Crippen molar-refractivity contribution in [3.05, 3.63) is 24.9 Å². The second-order valence-corrected chi connectivity index (χ2v) is 3.31. The molecule has 13 heavy (non-hydrogen) atoms. The molecule has 0 unspecified atom stereocenters. The molecule has 0 saturated heterocycles. The summed E-state index contributed by atoms with van der Waals surface area (Å²) < 4.78 is 0. The van der Waals surface area contributed by atoms with Gasteiger partial charge in [-0.1, -0.05) is 19.1 Å². The molecule has 1 aliphatic rings. The van der Waals surface area contributed by atoms with Gasteiger partial charge < -0.3 is 0 Å². The largest absolute Gasteiger partial charge is 0.293 e. The molecule has 0 aromatic rings. The third-order valence-corrected chi connectivity index (χ3v) is 2.28. The normalized spacial score (nSPS) is 18.7. The van der Waals surface area contributed by atoms with Crippen molar-refractivity contribution >= 4 is 11.5 Å². The van der Waals surface area contributed by atoms with Crippen molar-refractivity contribution in [1.82, 2.24) is 0 Å². The summed E-state index contributed by atoms with van der Waals surface area (Å²) in [5, 5.41) is 0. The molecular weight excluding hydrogens is 162 g/mol. The Balaban J connectivity index is 2.47. The van der Waals surface area contributed by atoms with Crippen molar-refractivity contribution in [2.45, 2.75) is 26.2 Å². The maximum Gasteiger partial charge on any atom is 0.178 e. The van der Waals surface area contributed by atoms with Crippen LogP contribution in [0, 0.1) is 5.92 Å². The molecule has 0 aromatic carbocycles. The fraction of sp³-hybridized carbons (Fsp3) is 0.455. The van der Waals surface area contributed by atoms with Crippen LogP contribution in [0.1, 0.15) is 26.2 Å². The van der Waals surface area contributed by atoms with Gasteiger partial charge in [0.05, 0.1) is 0 Å². The summed E-state index contributed by atoms with van der Waals surface area (Å²) in [6, 6.07) is 0. The topological polar surface area (TPSA) is 29.4 Å². The van der Waals surface area contributed by atoms with Gasteiger partial charge in [0.15, 0.2) is 5.78 Å². The van der Waals surface area contributed by atoms with Gasteiger partial charge in [-0.25, -0.2) is 0 Å². The van der Waals surface area contributed by atoms with Gasteiger partial charge in [0, 0.05) is 13.1 Å². The summed E-state index contributed by atoms with van der Waals surface area (Å²) in [7, 11) is 0. The van der Waals surface area contributed by atoms with E-state index in [2.05, 4.69) is 17.6 Å². The van der Waals surface area contributed by atoms with Crippen molar-refractivity contribution in [3.8, 4) is 0 Å². The molecule has 0 aromatic heterocycles. The molecule has 0 spiro atoms. The molecule has 0 heterocycles. The van der Waals surface area contributed by atoms with E-state index < -0.39 is 0 Å². The van der Waals surface area contributed by atoms with Crippen LogP contribution >= 0.6 is 0 Å². The first-order valence-corrected chi connectivity index (χ1v) is 4.62. The van der Waals surface area contributed by atoms with Gasteiger partial charge in [-0.05, 0) is 24.8 Å². The molecule has 1 fully saturated rings. The maximum atomic E-state index is 10.9. The molecule has 0 bridgehead atoms. The van der Waals surface area contributed by atoms with Crippen LogP contribution in [0.4, 0.5) is 0 Å². The van der Waals surface area contributed by atoms with E-state index in [1.54, 1.807) is 6.20 Å². The van der Waals surface area contributed by atoms with E-state index in [-0.39, 0.29) is 5.78 Å². The van der Waals surface area contributed by atoms with E-state index in [9.17, 15) is 4.79 Å². The molecule has 0 aliphatic heterocycles. The van der Waals surface area contributed by atoms with Gasteiger partial charge in [-0.15, -0.1) is 0 Å². The lowest BCUT2D eigenvalue weighted by atomic mass is 9.86. The minimum atomic E-state index is -0.0340. The molecular formula is C11H15NO. The van der Waals surface area contributed by atoms with Crippen LogP contribution in [0.5, 0.6) is 0 Å². The highest BCUT2D eigenvalue weighted by atomic mass is 16.1. The highest BCUT2D eigenvalue weighted by Crippen LogP contribution is 2.27. The van der Waals surface area contributed by atoms with Gasteiger partial charge in [0.1, 0.15) is 5.71 Å². The van der Waals surface area contributed by atoms with Crippen molar-refractivity contribution in [2.24, 2.45) is 10.9 Å². The number of allylic oxidation sites excluding steroid dienone is 2. The summed E-state index contributed by atoms with van der Waals surface area (Å²) in [5.41, 5.74) is 0.440. The Bertz CT molecular complexity index is 259. The van der Waals surface area contributed by atoms with E-state index >= 15 is 0 Å². The Hall–Kier alpha value is -1.18. The summed E-state index contributed by atoms with van der Waals surface area (Å²) >= 11 is 0. The first kappa shape index (κ1) is 9.90. The molecule has 0 radical (unpaired) electrons. The van der Waals surface area contributed by atoms with Crippen LogP contribution in [-0.4, -0.2) is 11.5 Å². The third kappa shape index (κ3) is 2.98. The number of carbonyl (C=O) groups excluding carboxylic acids is 1. The number of carbonyl (C=O) groups is 1. The lowest BCUT2D eigenvalue weighted by molar-refractivity contribution is -0.111. The monoisotopic (exact) mass is 177 g/mol. The fourth-order valence-corrected chi connectivity index (χ4v) is 1.16. The third-order valence-electron chi connectivity index (χ3n) is 2.28. The van der Waals surface area contributed by atoms with Gasteiger partial charge >= 0.3 is 0 Å². The molecule has 0 amide bonds. The molecule has 1 aliphatic carbocycles. The summed E-state index contributed by atoms with van der Waals surface area (Å²) in [6.07, 6.45) is 9.12. The molecule has 1 rings (SSSR count). The maximum absolute atomic E-state index is 10.9. The molecule has 2 heteroatoms. The second kappa shape index (κ2) is 4.75.